The largest absolute Gasteiger partial charge is 0.364 e. The smallest absolute Gasteiger partial charge is 0.272 e. The van der Waals surface area contributed by atoms with Gasteiger partial charge in [-0.2, -0.15) is 0 Å². The van der Waals surface area contributed by atoms with Crippen LogP contribution in [0.3, 0.4) is 0 Å². The lowest BCUT2D eigenvalue weighted by Gasteiger charge is -2.06. The molecule has 3 N–H and O–H groups in total. The van der Waals surface area contributed by atoms with Crippen molar-refractivity contribution >= 4 is 17.6 Å². The van der Waals surface area contributed by atoms with Gasteiger partial charge in [-0.05, 0) is 24.3 Å². The summed E-state index contributed by atoms with van der Waals surface area (Å²) >= 11 is 0. The molecule has 2 amide bonds. The highest BCUT2D eigenvalue weighted by Gasteiger charge is 2.18. The van der Waals surface area contributed by atoms with E-state index in [2.05, 4.69) is 15.3 Å². The maximum Gasteiger partial charge on any atom is 0.272 e. The monoisotopic (exact) mass is 302 g/mol. The maximum absolute atomic E-state index is 12.8. The van der Waals surface area contributed by atoms with Crippen LogP contribution in [-0.4, -0.2) is 34.1 Å². The summed E-state index contributed by atoms with van der Waals surface area (Å²) in [6.07, 6.45) is 2.45. The Morgan fingerprint density at radius 1 is 1.05 bits per heavy atom. The van der Waals surface area contributed by atoms with E-state index < -0.39 is 23.4 Å². The van der Waals surface area contributed by atoms with Crippen LogP contribution in [0.5, 0.6) is 0 Å². The second-order valence-corrected chi connectivity index (χ2v) is 4.23. The number of carbonyl (C=O) groups is 3. The maximum atomic E-state index is 12.8. The van der Waals surface area contributed by atoms with Crippen LogP contribution in [0.1, 0.15) is 31.3 Å². The lowest BCUT2D eigenvalue weighted by atomic mass is 10.1. The van der Waals surface area contributed by atoms with Crippen LogP contribution in [0.2, 0.25) is 0 Å². The molecule has 1 aromatic carbocycles. The van der Waals surface area contributed by atoms with Gasteiger partial charge in [-0.25, -0.2) is 14.4 Å². The van der Waals surface area contributed by atoms with Gasteiger partial charge in [-0.1, -0.05) is 0 Å². The molecular formula is C14H11FN4O3. The number of benzene rings is 1. The fraction of sp³-hybridized carbons (Fsp3) is 0.0714. The molecule has 0 saturated carbocycles. The highest BCUT2D eigenvalue weighted by molar-refractivity contribution is 6.06. The van der Waals surface area contributed by atoms with Crippen LogP contribution < -0.4 is 11.1 Å². The van der Waals surface area contributed by atoms with Crippen LogP contribution in [-0.2, 0) is 0 Å². The molecule has 0 radical (unpaired) electrons. The van der Waals surface area contributed by atoms with Crippen LogP contribution in [0, 0.1) is 5.82 Å². The van der Waals surface area contributed by atoms with Gasteiger partial charge in [0, 0.05) is 18.0 Å². The molecule has 8 heteroatoms. The van der Waals surface area contributed by atoms with Gasteiger partial charge >= 0.3 is 0 Å². The summed E-state index contributed by atoms with van der Waals surface area (Å²) in [5.74, 6) is -2.54. The van der Waals surface area contributed by atoms with Crippen molar-refractivity contribution in [2.24, 2.45) is 5.73 Å². The third-order valence-electron chi connectivity index (χ3n) is 2.72. The first kappa shape index (κ1) is 15.2. The molecule has 112 valence electrons. The fourth-order valence-electron chi connectivity index (χ4n) is 1.67. The molecule has 0 aliphatic heterocycles. The van der Waals surface area contributed by atoms with E-state index in [9.17, 15) is 18.8 Å². The Kier molecular flexibility index (Phi) is 4.52. The Balaban J connectivity index is 2.06. The zero-order valence-electron chi connectivity index (χ0n) is 11.2. The Morgan fingerprint density at radius 2 is 1.64 bits per heavy atom. The van der Waals surface area contributed by atoms with Crippen molar-refractivity contribution in [3.63, 3.8) is 0 Å². The summed E-state index contributed by atoms with van der Waals surface area (Å²) < 4.78 is 12.8. The number of Topliss-reactive ketones (excluding diaryl/α,β-unsaturated/α-hetero) is 1. The van der Waals surface area contributed by atoms with Gasteiger partial charge in [0.2, 0.25) is 0 Å². The molecule has 0 unspecified atom stereocenters. The summed E-state index contributed by atoms with van der Waals surface area (Å²) in [4.78, 5) is 42.3. The third-order valence-corrected chi connectivity index (χ3v) is 2.72. The molecule has 22 heavy (non-hydrogen) atoms. The highest BCUT2D eigenvalue weighted by atomic mass is 19.1. The lowest BCUT2D eigenvalue weighted by molar-refractivity contribution is 0.0894. The summed E-state index contributed by atoms with van der Waals surface area (Å²) in [6.45, 7) is -0.334. The molecule has 0 bridgehead atoms. The molecule has 0 aliphatic rings. The van der Waals surface area contributed by atoms with E-state index >= 15 is 0 Å². The van der Waals surface area contributed by atoms with E-state index in [1.807, 2.05) is 0 Å². The number of amides is 2. The summed E-state index contributed by atoms with van der Waals surface area (Å²) in [6, 6.07) is 4.90. The SMILES string of the molecule is NC(=O)c1nccnc1C(=O)NCC(=O)c1ccc(F)cc1. The van der Waals surface area contributed by atoms with Gasteiger partial charge in [-0.15, -0.1) is 0 Å². The van der Waals surface area contributed by atoms with E-state index in [1.54, 1.807) is 0 Å². The molecule has 0 aliphatic carbocycles. The molecule has 0 atom stereocenters. The number of carbonyl (C=O) groups excluding carboxylic acids is 3. The number of nitrogens with two attached hydrogens (primary N) is 1. The van der Waals surface area contributed by atoms with Gasteiger partial charge in [-0.3, -0.25) is 14.4 Å². The molecule has 7 nitrogen and oxygen atoms in total. The minimum atomic E-state index is -0.900. The van der Waals surface area contributed by atoms with Crippen LogP contribution in [0.15, 0.2) is 36.7 Å². The average Bonchev–Trinajstić information content (AvgIpc) is 2.53. The minimum Gasteiger partial charge on any atom is -0.364 e. The van der Waals surface area contributed by atoms with Crippen molar-refractivity contribution in [3.8, 4) is 0 Å². The quantitative estimate of drug-likeness (QED) is 0.772. The van der Waals surface area contributed by atoms with Crippen molar-refractivity contribution < 1.29 is 18.8 Å². The molecule has 0 fully saturated rings. The predicted octanol–water partition coefficient (Wildman–Crippen LogP) is 0.327. The van der Waals surface area contributed by atoms with Crippen molar-refractivity contribution in [1.29, 1.82) is 0 Å². The zero-order chi connectivity index (χ0) is 16.1. The summed E-state index contributed by atoms with van der Waals surface area (Å²) in [5.41, 5.74) is 4.79. The third kappa shape index (κ3) is 3.48. The predicted molar refractivity (Wildman–Crippen MR) is 73.6 cm³/mol. The topological polar surface area (TPSA) is 115 Å². The van der Waals surface area contributed by atoms with Crippen molar-refractivity contribution in [2.75, 3.05) is 6.54 Å². The number of nitrogens with one attached hydrogen (secondary N) is 1. The van der Waals surface area contributed by atoms with Gasteiger partial charge < -0.3 is 11.1 Å². The highest BCUT2D eigenvalue weighted by Crippen LogP contribution is 2.04. The van der Waals surface area contributed by atoms with E-state index in [0.29, 0.717) is 0 Å². The second-order valence-electron chi connectivity index (χ2n) is 4.23. The van der Waals surface area contributed by atoms with Crippen LogP contribution in [0.25, 0.3) is 0 Å². The Hall–Kier alpha value is -3.16. The van der Waals surface area contributed by atoms with Gasteiger partial charge in [0.25, 0.3) is 11.8 Å². The molecule has 1 aromatic heterocycles. The fourth-order valence-corrected chi connectivity index (χ4v) is 1.67. The van der Waals surface area contributed by atoms with Crippen molar-refractivity contribution in [1.82, 2.24) is 15.3 Å². The Labute approximate surface area is 124 Å². The minimum absolute atomic E-state index is 0.246. The Bertz CT molecular complexity index is 731. The normalized spacial score (nSPS) is 10.0. The average molecular weight is 302 g/mol. The first-order chi connectivity index (χ1) is 10.5. The number of ketones is 1. The number of rotatable bonds is 5. The molecule has 2 aromatic rings. The van der Waals surface area contributed by atoms with E-state index in [0.717, 1.165) is 12.1 Å². The molecule has 0 spiro atoms. The summed E-state index contributed by atoms with van der Waals surface area (Å²) in [5, 5.41) is 2.31. The first-order valence-electron chi connectivity index (χ1n) is 6.17. The van der Waals surface area contributed by atoms with Gasteiger partial charge in [0.15, 0.2) is 17.2 Å². The first-order valence-corrected chi connectivity index (χ1v) is 6.17. The second kappa shape index (κ2) is 6.53. The Morgan fingerprint density at radius 3 is 2.23 bits per heavy atom. The number of nitrogens with zero attached hydrogens (tertiary/aromatic N) is 2. The van der Waals surface area contributed by atoms with Crippen LogP contribution >= 0.6 is 0 Å². The molecule has 0 saturated heterocycles. The number of hydrogen-bond donors (Lipinski definition) is 2. The summed E-state index contributed by atoms with van der Waals surface area (Å²) in [7, 11) is 0. The number of aromatic nitrogens is 2. The standard InChI is InChI=1S/C14H11FN4O3/c15-9-3-1-8(2-4-9)10(20)7-19-14(22)12-11(13(16)21)17-5-6-18-12/h1-6H,7H2,(H2,16,21)(H,19,22). The number of hydrogen-bond acceptors (Lipinski definition) is 5. The number of halogens is 1. The van der Waals surface area contributed by atoms with E-state index in [-0.39, 0.29) is 23.5 Å². The van der Waals surface area contributed by atoms with Crippen molar-refractivity contribution in [2.45, 2.75) is 0 Å². The molecule has 2 rings (SSSR count). The molecular weight excluding hydrogens is 291 g/mol. The van der Waals surface area contributed by atoms with E-state index in [1.165, 1.54) is 24.5 Å². The van der Waals surface area contributed by atoms with E-state index in [4.69, 9.17) is 5.73 Å². The zero-order valence-corrected chi connectivity index (χ0v) is 11.2. The van der Waals surface area contributed by atoms with Crippen molar-refractivity contribution in [3.05, 3.63) is 59.4 Å². The van der Waals surface area contributed by atoms with Gasteiger partial charge in [0.05, 0.1) is 6.54 Å². The van der Waals surface area contributed by atoms with Gasteiger partial charge in [0.1, 0.15) is 5.82 Å². The van der Waals surface area contributed by atoms with Crippen LogP contribution in [0.4, 0.5) is 4.39 Å². The molecule has 1 heterocycles. The number of primary amides is 1. The lowest BCUT2D eigenvalue weighted by Crippen LogP contribution is -2.32.